The first kappa shape index (κ1) is 14.7. The van der Waals surface area contributed by atoms with Crippen molar-refractivity contribution in [2.75, 3.05) is 38.5 Å². The lowest BCUT2D eigenvalue weighted by Gasteiger charge is -2.20. The summed E-state index contributed by atoms with van der Waals surface area (Å²) < 4.78 is 0. The first-order chi connectivity index (χ1) is 9.69. The van der Waals surface area contributed by atoms with E-state index in [1.807, 2.05) is 0 Å². The molecule has 0 aromatic carbocycles. The predicted molar refractivity (Wildman–Crippen MR) is 78.7 cm³/mol. The average Bonchev–Trinajstić information content (AvgIpc) is 2.97. The van der Waals surface area contributed by atoms with Gasteiger partial charge in [0.2, 0.25) is 0 Å². The topological polar surface area (TPSA) is 70.2 Å². The highest BCUT2D eigenvalue weighted by Gasteiger charge is 2.16. The van der Waals surface area contributed by atoms with Gasteiger partial charge in [-0.15, -0.1) is 0 Å². The Kier molecular flexibility index (Phi) is 5.29. The number of carbonyl (C=O) groups is 1. The number of hydrogen-bond acceptors (Lipinski definition) is 5. The van der Waals surface area contributed by atoms with Crippen molar-refractivity contribution in [3.05, 3.63) is 18.1 Å². The van der Waals surface area contributed by atoms with E-state index < -0.39 is 0 Å². The van der Waals surface area contributed by atoms with Gasteiger partial charge < -0.3 is 15.5 Å². The quantitative estimate of drug-likeness (QED) is 0.811. The molecule has 0 spiro atoms. The van der Waals surface area contributed by atoms with Crippen LogP contribution in [0.3, 0.4) is 0 Å². The zero-order valence-electron chi connectivity index (χ0n) is 12.2. The van der Waals surface area contributed by atoms with Crippen LogP contribution in [0.25, 0.3) is 0 Å². The summed E-state index contributed by atoms with van der Waals surface area (Å²) in [5, 5.41) is 5.80. The summed E-state index contributed by atoms with van der Waals surface area (Å²) in [6.45, 7) is 6.25. The van der Waals surface area contributed by atoms with Gasteiger partial charge >= 0.3 is 0 Å². The number of nitrogens with zero attached hydrogens (tertiary/aromatic N) is 3. The zero-order chi connectivity index (χ0) is 14.4. The van der Waals surface area contributed by atoms with Crippen molar-refractivity contribution in [2.24, 2.45) is 5.92 Å². The van der Waals surface area contributed by atoms with Crippen molar-refractivity contribution in [1.82, 2.24) is 20.2 Å². The third-order valence-corrected chi connectivity index (χ3v) is 3.50. The van der Waals surface area contributed by atoms with Crippen LogP contribution >= 0.6 is 0 Å². The Morgan fingerprint density at radius 2 is 2.15 bits per heavy atom. The van der Waals surface area contributed by atoms with Gasteiger partial charge in [-0.05, 0) is 31.8 Å². The summed E-state index contributed by atoms with van der Waals surface area (Å²) >= 11 is 0. The second-order valence-electron chi connectivity index (χ2n) is 5.36. The van der Waals surface area contributed by atoms with Crippen LogP contribution in [0.15, 0.2) is 12.4 Å². The third-order valence-electron chi connectivity index (χ3n) is 3.50. The molecule has 1 fully saturated rings. The van der Waals surface area contributed by atoms with Crippen LogP contribution in [-0.4, -0.2) is 54.0 Å². The first-order valence-corrected chi connectivity index (χ1v) is 7.19. The van der Waals surface area contributed by atoms with E-state index >= 15 is 0 Å². The zero-order valence-corrected chi connectivity index (χ0v) is 12.2. The van der Waals surface area contributed by atoms with Crippen LogP contribution in [0.4, 0.5) is 5.82 Å². The first-order valence-electron chi connectivity index (χ1n) is 7.19. The van der Waals surface area contributed by atoms with Gasteiger partial charge in [0, 0.05) is 20.1 Å². The summed E-state index contributed by atoms with van der Waals surface area (Å²) in [6.07, 6.45) is 5.67. The Morgan fingerprint density at radius 3 is 2.85 bits per heavy atom. The van der Waals surface area contributed by atoms with Crippen LogP contribution in [0.2, 0.25) is 0 Å². The summed E-state index contributed by atoms with van der Waals surface area (Å²) in [5.41, 5.74) is 0.352. The fraction of sp³-hybridized carbons (Fsp3) is 0.643. The maximum absolute atomic E-state index is 12.0. The number of carbonyl (C=O) groups excluding carboxylic acids is 1. The van der Waals surface area contributed by atoms with Gasteiger partial charge in [0.05, 0.1) is 12.4 Å². The van der Waals surface area contributed by atoms with E-state index in [0.717, 1.165) is 6.54 Å². The van der Waals surface area contributed by atoms with E-state index in [1.54, 1.807) is 13.2 Å². The van der Waals surface area contributed by atoms with Crippen LogP contribution in [0, 0.1) is 5.92 Å². The highest BCUT2D eigenvalue weighted by molar-refractivity contribution is 5.92. The third kappa shape index (κ3) is 4.16. The van der Waals surface area contributed by atoms with Gasteiger partial charge in [-0.1, -0.05) is 6.92 Å². The van der Waals surface area contributed by atoms with Crippen molar-refractivity contribution in [2.45, 2.75) is 19.8 Å². The molecule has 1 aromatic heterocycles. The molecule has 1 saturated heterocycles. The lowest BCUT2D eigenvalue weighted by Crippen LogP contribution is -2.34. The monoisotopic (exact) mass is 277 g/mol. The molecule has 1 amide bonds. The number of anilines is 1. The van der Waals surface area contributed by atoms with E-state index in [0.29, 0.717) is 24.0 Å². The van der Waals surface area contributed by atoms with Crippen LogP contribution < -0.4 is 10.6 Å². The average molecular weight is 277 g/mol. The molecule has 2 N–H and O–H groups in total. The fourth-order valence-corrected chi connectivity index (χ4v) is 2.42. The Bertz CT molecular complexity index is 445. The maximum atomic E-state index is 12.0. The summed E-state index contributed by atoms with van der Waals surface area (Å²) in [6, 6.07) is 0. The highest BCUT2D eigenvalue weighted by atomic mass is 16.1. The molecule has 1 aliphatic heterocycles. The molecule has 6 nitrogen and oxygen atoms in total. The second kappa shape index (κ2) is 7.19. The van der Waals surface area contributed by atoms with Crippen LogP contribution in [0.1, 0.15) is 30.3 Å². The molecule has 20 heavy (non-hydrogen) atoms. The van der Waals surface area contributed by atoms with Crippen molar-refractivity contribution in [3.8, 4) is 0 Å². The molecule has 1 aromatic rings. The van der Waals surface area contributed by atoms with Crippen molar-refractivity contribution < 1.29 is 4.79 Å². The van der Waals surface area contributed by atoms with Crippen LogP contribution in [0.5, 0.6) is 0 Å². The number of amides is 1. The molecular formula is C14H23N5O. The van der Waals surface area contributed by atoms with Gasteiger partial charge in [-0.2, -0.15) is 0 Å². The molecule has 2 rings (SSSR count). The smallest absolute Gasteiger partial charge is 0.271 e. The molecular weight excluding hydrogens is 254 g/mol. The molecule has 6 heteroatoms. The van der Waals surface area contributed by atoms with Gasteiger partial charge in [-0.3, -0.25) is 9.78 Å². The van der Waals surface area contributed by atoms with Crippen LogP contribution in [-0.2, 0) is 0 Å². The molecule has 0 radical (unpaired) electrons. The molecule has 0 saturated carbocycles. The SMILES string of the molecule is CNc1cncc(C(=O)NCC(C)CN2CCCC2)n1. The molecule has 1 unspecified atom stereocenters. The van der Waals surface area contributed by atoms with E-state index in [2.05, 4.69) is 32.4 Å². The van der Waals surface area contributed by atoms with E-state index in [-0.39, 0.29) is 5.91 Å². The number of likely N-dealkylation sites (tertiary alicyclic amines) is 1. The Hall–Kier alpha value is -1.69. The number of aromatic nitrogens is 2. The van der Waals surface area contributed by atoms with Crippen molar-refractivity contribution in [3.63, 3.8) is 0 Å². The standard InChI is InChI=1S/C14H23N5O/c1-11(10-19-5-3-4-6-19)7-17-14(20)12-8-16-9-13(15-2)18-12/h8-9,11H,3-7,10H2,1-2H3,(H,15,18)(H,17,20). The lowest BCUT2D eigenvalue weighted by atomic mass is 10.1. The predicted octanol–water partition coefficient (Wildman–Crippen LogP) is 0.980. The molecule has 110 valence electrons. The molecule has 1 atom stereocenters. The van der Waals surface area contributed by atoms with Crippen molar-refractivity contribution >= 4 is 11.7 Å². The normalized spacial score (nSPS) is 16.9. The summed E-state index contributed by atoms with van der Waals surface area (Å²) in [5.74, 6) is 0.878. The second-order valence-corrected chi connectivity index (χ2v) is 5.36. The van der Waals surface area contributed by atoms with Crippen molar-refractivity contribution in [1.29, 1.82) is 0 Å². The van der Waals surface area contributed by atoms with E-state index in [1.165, 1.54) is 32.1 Å². The largest absolute Gasteiger partial charge is 0.372 e. The van der Waals surface area contributed by atoms with E-state index in [9.17, 15) is 4.79 Å². The van der Waals surface area contributed by atoms with Gasteiger partial charge in [0.25, 0.3) is 5.91 Å². The lowest BCUT2D eigenvalue weighted by molar-refractivity contribution is 0.0940. The molecule has 2 heterocycles. The number of hydrogen-bond donors (Lipinski definition) is 2. The molecule has 1 aliphatic rings. The van der Waals surface area contributed by atoms with Gasteiger partial charge in [-0.25, -0.2) is 4.98 Å². The number of nitrogens with one attached hydrogen (secondary N) is 2. The maximum Gasteiger partial charge on any atom is 0.271 e. The number of rotatable bonds is 6. The minimum Gasteiger partial charge on any atom is -0.372 e. The highest BCUT2D eigenvalue weighted by Crippen LogP contribution is 2.09. The Balaban J connectivity index is 1.78. The Morgan fingerprint density at radius 1 is 1.40 bits per heavy atom. The van der Waals surface area contributed by atoms with Gasteiger partial charge in [0.15, 0.2) is 0 Å². The summed E-state index contributed by atoms with van der Waals surface area (Å²) in [7, 11) is 1.75. The van der Waals surface area contributed by atoms with E-state index in [4.69, 9.17) is 0 Å². The minimum absolute atomic E-state index is 0.164. The molecule has 0 aliphatic carbocycles. The van der Waals surface area contributed by atoms with Gasteiger partial charge in [0.1, 0.15) is 11.5 Å². The Labute approximate surface area is 120 Å². The summed E-state index contributed by atoms with van der Waals surface area (Å²) in [4.78, 5) is 22.6. The minimum atomic E-state index is -0.164. The molecule has 0 bridgehead atoms. The fourth-order valence-electron chi connectivity index (χ4n) is 2.42.